The molecule has 1 aromatic rings. The predicted molar refractivity (Wildman–Crippen MR) is 108 cm³/mol. The van der Waals surface area contributed by atoms with Crippen molar-refractivity contribution in [2.24, 2.45) is 17.8 Å². The minimum absolute atomic E-state index is 0.00394. The van der Waals surface area contributed by atoms with Gasteiger partial charge in [0.1, 0.15) is 5.75 Å². The number of hydrogen-bond donors (Lipinski definition) is 3. The second-order valence-electron chi connectivity index (χ2n) is 9.08. The van der Waals surface area contributed by atoms with Crippen LogP contribution in [0.5, 0.6) is 5.75 Å². The van der Waals surface area contributed by atoms with Crippen LogP contribution in [-0.2, 0) is 4.79 Å². The van der Waals surface area contributed by atoms with Crippen LogP contribution in [0, 0.1) is 24.7 Å². The molecule has 6 heteroatoms. The molecule has 6 nitrogen and oxygen atoms in total. The number of ether oxygens (including phenoxy) is 1. The number of carbonyl (C=O) groups excluding carboxylic acids is 2. The third-order valence-corrected chi connectivity index (χ3v) is 6.68. The van der Waals surface area contributed by atoms with Crippen LogP contribution >= 0.6 is 0 Å². The number of amides is 3. The molecule has 0 unspecified atom stereocenters. The monoisotopic (exact) mass is 385 g/mol. The van der Waals surface area contributed by atoms with Crippen LogP contribution in [0.3, 0.4) is 0 Å². The summed E-state index contributed by atoms with van der Waals surface area (Å²) in [5.74, 6) is 2.87. The lowest BCUT2D eigenvalue weighted by Crippen LogP contribution is -2.61. The number of hydrogen-bond acceptors (Lipinski definition) is 3. The van der Waals surface area contributed by atoms with Crippen LogP contribution in [0.2, 0.25) is 0 Å². The fourth-order valence-corrected chi connectivity index (χ4v) is 5.97. The van der Waals surface area contributed by atoms with Gasteiger partial charge < -0.3 is 20.7 Å². The van der Waals surface area contributed by atoms with Gasteiger partial charge in [-0.05, 0) is 80.9 Å². The largest absolute Gasteiger partial charge is 0.495 e. The Morgan fingerprint density at radius 1 is 1.11 bits per heavy atom. The molecule has 0 saturated heterocycles. The summed E-state index contributed by atoms with van der Waals surface area (Å²) >= 11 is 0. The van der Waals surface area contributed by atoms with E-state index in [4.69, 9.17) is 4.74 Å². The fourth-order valence-electron chi connectivity index (χ4n) is 5.97. The van der Waals surface area contributed by atoms with Crippen LogP contribution in [-0.4, -0.2) is 31.1 Å². The molecular weight excluding hydrogens is 354 g/mol. The van der Waals surface area contributed by atoms with Crippen LogP contribution < -0.4 is 20.7 Å². The fraction of sp³-hybridized carbons (Fsp3) is 0.636. The first-order chi connectivity index (χ1) is 13.4. The quantitative estimate of drug-likeness (QED) is 0.700. The van der Waals surface area contributed by atoms with Crippen LogP contribution in [0.4, 0.5) is 10.5 Å². The van der Waals surface area contributed by atoms with Crippen molar-refractivity contribution in [3.63, 3.8) is 0 Å². The summed E-state index contributed by atoms with van der Waals surface area (Å²) in [6.07, 6.45) is 7.66. The van der Waals surface area contributed by atoms with E-state index in [0.29, 0.717) is 18.0 Å². The Kier molecular flexibility index (Phi) is 5.21. The van der Waals surface area contributed by atoms with Crippen molar-refractivity contribution < 1.29 is 14.3 Å². The smallest absolute Gasteiger partial charge is 0.315 e. The van der Waals surface area contributed by atoms with E-state index in [2.05, 4.69) is 16.0 Å². The zero-order chi connectivity index (χ0) is 19.7. The van der Waals surface area contributed by atoms with E-state index >= 15 is 0 Å². The Morgan fingerprint density at radius 2 is 1.75 bits per heavy atom. The van der Waals surface area contributed by atoms with Gasteiger partial charge in [0.25, 0.3) is 0 Å². The van der Waals surface area contributed by atoms with E-state index in [-0.39, 0.29) is 23.9 Å². The van der Waals surface area contributed by atoms with Gasteiger partial charge in [-0.15, -0.1) is 0 Å². The highest BCUT2D eigenvalue weighted by Gasteiger charge is 2.51. The lowest BCUT2D eigenvalue weighted by molar-refractivity contribution is -0.116. The molecule has 0 heterocycles. The highest BCUT2D eigenvalue weighted by Crippen LogP contribution is 2.55. The Labute approximate surface area is 166 Å². The minimum Gasteiger partial charge on any atom is -0.495 e. The summed E-state index contributed by atoms with van der Waals surface area (Å²) in [6.45, 7) is 2.28. The summed E-state index contributed by atoms with van der Waals surface area (Å²) in [5.41, 5.74) is 1.70. The van der Waals surface area contributed by atoms with E-state index in [0.717, 1.165) is 42.6 Å². The molecule has 0 spiro atoms. The molecule has 4 saturated carbocycles. The second kappa shape index (κ2) is 7.64. The highest BCUT2D eigenvalue weighted by molar-refractivity contribution is 5.92. The molecule has 4 bridgehead atoms. The summed E-state index contributed by atoms with van der Waals surface area (Å²) in [7, 11) is 1.58. The minimum atomic E-state index is -0.140. The lowest BCUT2D eigenvalue weighted by atomic mass is 9.53. The molecular formula is C22H31N3O3. The van der Waals surface area contributed by atoms with Gasteiger partial charge in [0, 0.05) is 18.5 Å². The van der Waals surface area contributed by atoms with Crippen molar-refractivity contribution in [2.45, 2.75) is 57.4 Å². The predicted octanol–water partition coefficient (Wildman–Crippen LogP) is 3.60. The molecule has 28 heavy (non-hydrogen) atoms. The molecule has 152 valence electrons. The van der Waals surface area contributed by atoms with Crippen LogP contribution in [0.25, 0.3) is 0 Å². The molecule has 5 rings (SSSR count). The third kappa shape index (κ3) is 4.10. The molecule has 0 radical (unpaired) electrons. The number of rotatable bonds is 6. The van der Waals surface area contributed by atoms with Crippen molar-refractivity contribution in [1.82, 2.24) is 10.6 Å². The maximum atomic E-state index is 12.4. The van der Waals surface area contributed by atoms with Gasteiger partial charge >= 0.3 is 6.03 Å². The first-order valence-electron chi connectivity index (χ1n) is 10.5. The van der Waals surface area contributed by atoms with E-state index in [1.54, 1.807) is 7.11 Å². The van der Waals surface area contributed by atoms with Gasteiger partial charge in [0.2, 0.25) is 5.91 Å². The van der Waals surface area contributed by atoms with Crippen LogP contribution in [0.1, 0.15) is 50.5 Å². The zero-order valence-electron chi connectivity index (χ0n) is 16.8. The van der Waals surface area contributed by atoms with Gasteiger partial charge in [-0.1, -0.05) is 6.07 Å². The zero-order valence-corrected chi connectivity index (χ0v) is 16.8. The second-order valence-corrected chi connectivity index (χ2v) is 9.08. The van der Waals surface area contributed by atoms with Gasteiger partial charge in [-0.25, -0.2) is 4.79 Å². The van der Waals surface area contributed by atoms with Crippen molar-refractivity contribution >= 4 is 17.6 Å². The molecule has 1 aromatic carbocycles. The molecule has 4 fully saturated rings. The number of nitrogens with one attached hydrogen (secondary N) is 3. The van der Waals surface area contributed by atoms with Crippen LogP contribution in [0.15, 0.2) is 18.2 Å². The summed E-state index contributed by atoms with van der Waals surface area (Å²) in [6, 6.07) is 5.51. The molecule has 0 aromatic heterocycles. The van der Waals surface area contributed by atoms with Crippen molar-refractivity contribution in [2.75, 3.05) is 19.0 Å². The Morgan fingerprint density at radius 3 is 2.36 bits per heavy atom. The standard InChI is InChI=1S/C22H31N3O3/c1-14-3-4-19(28-2)18(7-14)24-20(26)5-6-23-21(27)25-22-11-15-8-16(12-22)10-17(9-15)13-22/h3-4,7,15-17H,5-6,8-13H2,1-2H3,(H,24,26)(H2,23,25,27). The number of anilines is 1. The number of carbonyl (C=O) groups is 2. The van der Waals surface area contributed by atoms with Crippen molar-refractivity contribution in [1.29, 1.82) is 0 Å². The highest BCUT2D eigenvalue weighted by atomic mass is 16.5. The van der Waals surface area contributed by atoms with E-state index in [1.165, 1.54) is 19.3 Å². The Balaban J connectivity index is 1.24. The summed E-state index contributed by atoms with van der Waals surface area (Å²) < 4.78 is 5.28. The molecule has 0 aliphatic heterocycles. The number of aryl methyl sites for hydroxylation is 1. The van der Waals surface area contributed by atoms with E-state index in [1.807, 2.05) is 25.1 Å². The van der Waals surface area contributed by atoms with Gasteiger partial charge in [-0.3, -0.25) is 4.79 Å². The van der Waals surface area contributed by atoms with Gasteiger partial charge in [-0.2, -0.15) is 0 Å². The Hall–Kier alpha value is -2.24. The maximum Gasteiger partial charge on any atom is 0.315 e. The van der Waals surface area contributed by atoms with Gasteiger partial charge in [0.15, 0.2) is 0 Å². The van der Waals surface area contributed by atoms with Crippen molar-refractivity contribution in [3.8, 4) is 5.75 Å². The first-order valence-corrected chi connectivity index (χ1v) is 10.5. The average molecular weight is 386 g/mol. The SMILES string of the molecule is COc1ccc(C)cc1NC(=O)CCNC(=O)NC12CC3CC(CC(C3)C1)C2. The average Bonchev–Trinajstić information content (AvgIpc) is 2.60. The molecule has 3 amide bonds. The normalized spacial score (nSPS) is 30.0. The summed E-state index contributed by atoms with van der Waals surface area (Å²) in [4.78, 5) is 24.7. The maximum absolute atomic E-state index is 12.4. The number of urea groups is 1. The summed E-state index contributed by atoms with van der Waals surface area (Å²) in [5, 5.41) is 9.01. The topological polar surface area (TPSA) is 79.5 Å². The molecule has 0 atom stereocenters. The van der Waals surface area contributed by atoms with Crippen molar-refractivity contribution in [3.05, 3.63) is 23.8 Å². The molecule has 4 aliphatic rings. The first kappa shape index (κ1) is 19.1. The third-order valence-electron chi connectivity index (χ3n) is 6.68. The molecule has 3 N–H and O–H groups in total. The number of benzene rings is 1. The van der Waals surface area contributed by atoms with E-state index < -0.39 is 0 Å². The Bertz CT molecular complexity index is 726. The lowest BCUT2D eigenvalue weighted by Gasteiger charge is -2.56. The number of methoxy groups -OCH3 is 1. The molecule has 4 aliphatic carbocycles. The van der Waals surface area contributed by atoms with Gasteiger partial charge in [0.05, 0.1) is 12.8 Å². The van der Waals surface area contributed by atoms with E-state index in [9.17, 15) is 9.59 Å².